The van der Waals surface area contributed by atoms with Gasteiger partial charge in [-0.25, -0.2) is 19.9 Å². The van der Waals surface area contributed by atoms with E-state index in [-0.39, 0.29) is 5.69 Å². The fraction of sp³-hybridized carbons (Fsp3) is 0.538. The first-order chi connectivity index (χ1) is 10.1. The number of nitrogens with zero attached hydrogens (tertiary/aromatic N) is 4. The van der Waals surface area contributed by atoms with Crippen LogP contribution in [0.4, 0.5) is 0 Å². The standard InChI is InChI=1S/C13H16ClN5OS/c1-3-6-19-12(20)17-18-13(19)21-11-7(2)9(14)15-10(16-11)8-4-5-8/h8H,3-6H2,1-2H3,(H,17,20). The average Bonchev–Trinajstić information content (AvgIpc) is 3.25. The molecule has 0 spiro atoms. The number of halogens is 1. The molecular weight excluding hydrogens is 310 g/mol. The summed E-state index contributed by atoms with van der Waals surface area (Å²) >= 11 is 7.56. The number of hydrogen-bond donors (Lipinski definition) is 1. The van der Waals surface area contributed by atoms with Crippen molar-refractivity contribution in [2.45, 2.75) is 55.8 Å². The highest BCUT2D eigenvalue weighted by molar-refractivity contribution is 7.99. The molecule has 1 N–H and O–H groups in total. The van der Waals surface area contributed by atoms with Gasteiger partial charge in [-0.3, -0.25) is 4.57 Å². The molecule has 112 valence electrons. The van der Waals surface area contributed by atoms with Crippen LogP contribution in [0.1, 0.15) is 43.5 Å². The monoisotopic (exact) mass is 325 g/mol. The van der Waals surface area contributed by atoms with Crippen molar-refractivity contribution in [3.05, 3.63) is 27.0 Å². The van der Waals surface area contributed by atoms with Gasteiger partial charge in [-0.15, -0.1) is 5.10 Å². The Balaban J connectivity index is 1.96. The van der Waals surface area contributed by atoms with E-state index in [1.807, 2.05) is 13.8 Å². The molecule has 1 aliphatic carbocycles. The van der Waals surface area contributed by atoms with Gasteiger partial charge >= 0.3 is 5.69 Å². The summed E-state index contributed by atoms with van der Waals surface area (Å²) in [6.07, 6.45) is 3.10. The summed E-state index contributed by atoms with van der Waals surface area (Å²) < 4.78 is 1.62. The van der Waals surface area contributed by atoms with Crippen LogP contribution in [0.15, 0.2) is 15.0 Å². The van der Waals surface area contributed by atoms with Crippen LogP contribution in [0.25, 0.3) is 0 Å². The summed E-state index contributed by atoms with van der Waals surface area (Å²) in [5.74, 6) is 1.23. The summed E-state index contributed by atoms with van der Waals surface area (Å²) in [6, 6.07) is 0. The highest BCUT2D eigenvalue weighted by Crippen LogP contribution is 2.40. The zero-order chi connectivity index (χ0) is 15.0. The lowest BCUT2D eigenvalue weighted by atomic mass is 10.3. The van der Waals surface area contributed by atoms with Crippen molar-refractivity contribution < 1.29 is 0 Å². The molecular formula is C13H16ClN5OS. The molecule has 0 aliphatic heterocycles. The molecule has 0 radical (unpaired) electrons. The molecule has 8 heteroatoms. The summed E-state index contributed by atoms with van der Waals surface area (Å²) in [7, 11) is 0. The van der Waals surface area contributed by atoms with Crippen LogP contribution in [0, 0.1) is 6.92 Å². The van der Waals surface area contributed by atoms with Gasteiger partial charge in [-0.05, 0) is 37.9 Å². The number of aromatic nitrogens is 5. The number of rotatable bonds is 5. The quantitative estimate of drug-likeness (QED) is 0.855. The number of hydrogen-bond acceptors (Lipinski definition) is 5. The first-order valence-electron chi connectivity index (χ1n) is 6.97. The molecule has 0 amide bonds. The molecule has 1 aliphatic rings. The summed E-state index contributed by atoms with van der Waals surface area (Å²) in [5.41, 5.74) is 0.629. The Morgan fingerprint density at radius 1 is 1.43 bits per heavy atom. The number of H-pyrrole nitrogens is 1. The molecule has 0 unspecified atom stereocenters. The zero-order valence-electron chi connectivity index (χ0n) is 11.9. The van der Waals surface area contributed by atoms with Crippen LogP contribution in [0.2, 0.25) is 5.15 Å². The molecule has 21 heavy (non-hydrogen) atoms. The van der Waals surface area contributed by atoms with E-state index in [2.05, 4.69) is 20.2 Å². The highest BCUT2D eigenvalue weighted by Gasteiger charge is 2.28. The predicted octanol–water partition coefficient (Wildman–Crippen LogP) is 2.76. The highest BCUT2D eigenvalue weighted by atomic mass is 35.5. The Kier molecular flexibility index (Phi) is 4.03. The Morgan fingerprint density at radius 3 is 2.86 bits per heavy atom. The Bertz CT molecular complexity index is 722. The smallest absolute Gasteiger partial charge is 0.270 e. The summed E-state index contributed by atoms with van der Waals surface area (Å²) in [4.78, 5) is 20.7. The van der Waals surface area contributed by atoms with Crippen molar-refractivity contribution in [1.29, 1.82) is 0 Å². The molecule has 3 rings (SSSR count). The molecule has 0 aromatic carbocycles. The molecule has 2 aromatic rings. The van der Waals surface area contributed by atoms with Gasteiger partial charge in [0.1, 0.15) is 16.0 Å². The van der Waals surface area contributed by atoms with E-state index in [0.29, 0.717) is 22.8 Å². The van der Waals surface area contributed by atoms with Crippen LogP contribution in [0.3, 0.4) is 0 Å². The molecule has 6 nitrogen and oxygen atoms in total. The zero-order valence-corrected chi connectivity index (χ0v) is 13.5. The van der Waals surface area contributed by atoms with Crippen molar-refractivity contribution >= 4 is 23.4 Å². The average molecular weight is 326 g/mol. The van der Waals surface area contributed by atoms with Crippen LogP contribution < -0.4 is 5.69 Å². The van der Waals surface area contributed by atoms with E-state index in [0.717, 1.165) is 35.7 Å². The third kappa shape index (κ3) is 2.98. The molecule has 2 aromatic heterocycles. The second-order valence-electron chi connectivity index (χ2n) is 5.14. The lowest BCUT2D eigenvalue weighted by Gasteiger charge is -2.08. The van der Waals surface area contributed by atoms with Gasteiger partial charge in [-0.2, -0.15) is 0 Å². The normalized spacial score (nSPS) is 14.6. The Hall–Kier alpha value is -1.34. The maximum atomic E-state index is 11.7. The van der Waals surface area contributed by atoms with E-state index in [1.165, 1.54) is 11.8 Å². The summed E-state index contributed by atoms with van der Waals surface area (Å²) in [6.45, 7) is 4.53. The second-order valence-corrected chi connectivity index (χ2v) is 6.46. The fourth-order valence-corrected chi connectivity index (χ4v) is 3.17. The Morgan fingerprint density at radius 2 is 2.19 bits per heavy atom. The van der Waals surface area contributed by atoms with Gasteiger partial charge in [0.2, 0.25) is 0 Å². The minimum Gasteiger partial charge on any atom is -0.270 e. The Labute approximate surface area is 131 Å². The maximum absolute atomic E-state index is 11.7. The van der Waals surface area contributed by atoms with Gasteiger partial charge in [-0.1, -0.05) is 18.5 Å². The molecule has 0 bridgehead atoms. The van der Waals surface area contributed by atoms with Crippen molar-refractivity contribution in [3.63, 3.8) is 0 Å². The predicted molar refractivity (Wildman–Crippen MR) is 81.0 cm³/mol. The number of nitrogens with one attached hydrogen (secondary N) is 1. The molecule has 0 atom stereocenters. The van der Waals surface area contributed by atoms with E-state index in [4.69, 9.17) is 11.6 Å². The van der Waals surface area contributed by atoms with Crippen molar-refractivity contribution in [1.82, 2.24) is 24.7 Å². The largest absolute Gasteiger partial charge is 0.343 e. The van der Waals surface area contributed by atoms with E-state index in [1.54, 1.807) is 4.57 Å². The second kappa shape index (κ2) is 5.81. The maximum Gasteiger partial charge on any atom is 0.343 e. The van der Waals surface area contributed by atoms with Crippen molar-refractivity contribution in [2.24, 2.45) is 0 Å². The van der Waals surface area contributed by atoms with Crippen LogP contribution in [0.5, 0.6) is 0 Å². The van der Waals surface area contributed by atoms with Gasteiger partial charge in [0.25, 0.3) is 0 Å². The minimum absolute atomic E-state index is 0.195. The topological polar surface area (TPSA) is 76.5 Å². The van der Waals surface area contributed by atoms with Gasteiger partial charge in [0.05, 0.1) is 0 Å². The fourth-order valence-electron chi connectivity index (χ4n) is 2.00. The van der Waals surface area contributed by atoms with E-state index < -0.39 is 0 Å². The van der Waals surface area contributed by atoms with Gasteiger partial charge < -0.3 is 0 Å². The van der Waals surface area contributed by atoms with Crippen LogP contribution in [-0.2, 0) is 6.54 Å². The lowest BCUT2D eigenvalue weighted by Crippen LogP contribution is -2.17. The molecule has 1 saturated carbocycles. The lowest BCUT2D eigenvalue weighted by molar-refractivity contribution is 0.603. The van der Waals surface area contributed by atoms with E-state index >= 15 is 0 Å². The van der Waals surface area contributed by atoms with Crippen LogP contribution >= 0.6 is 23.4 Å². The third-order valence-electron chi connectivity index (χ3n) is 3.36. The first-order valence-corrected chi connectivity index (χ1v) is 8.16. The first kappa shape index (κ1) is 14.6. The van der Waals surface area contributed by atoms with Gasteiger partial charge in [0.15, 0.2) is 5.16 Å². The molecule has 2 heterocycles. The molecule has 0 saturated heterocycles. The third-order valence-corrected chi connectivity index (χ3v) is 4.81. The van der Waals surface area contributed by atoms with Crippen molar-refractivity contribution in [2.75, 3.05) is 0 Å². The summed E-state index contributed by atoms with van der Waals surface area (Å²) in [5, 5.41) is 8.43. The molecule has 1 fully saturated rings. The van der Waals surface area contributed by atoms with E-state index in [9.17, 15) is 4.79 Å². The van der Waals surface area contributed by atoms with Gasteiger partial charge in [0, 0.05) is 18.0 Å². The van der Waals surface area contributed by atoms with Crippen LogP contribution in [-0.4, -0.2) is 24.7 Å². The SMILES string of the molecule is CCCn1c(Sc2nc(C3CC3)nc(Cl)c2C)n[nH]c1=O. The van der Waals surface area contributed by atoms with Crippen molar-refractivity contribution in [3.8, 4) is 0 Å². The minimum atomic E-state index is -0.195. The number of aromatic amines is 1.